The van der Waals surface area contributed by atoms with E-state index in [1.165, 1.54) is 0 Å². The lowest BCUT2D eigenvalue weighted by Crippen LogP contribution is -2.54. The predicted octanol–water partition coefficient (Wildman–Crippen LogP) is 1.74. The van der Waals surface area contributed by atoms with Gasteiger partial charge in [0.25, 0.3) is 0 Å². The molecule has 0 bridgehead atoms. The van der Waals surface area contributed by atoms with Crippen molar-refractivity contribution in [2.24, 2.45) is 4.99 Å². The maximum atomic E-state index is 11.8. The van der Waals surface area contributed by atoms with Crippen LogP contribution in [-0.4, -0.2) is 73.4 Å². The SMILES string of the molecule is CCOC(=O)N1CCN(C(=NC)NCC(C)c2c(C)noc2C)CC1. The molecule has 2 heterocycles. The quantitative estimate of drug-likeness (QED) is 0.657. The van der Waals surface area contributed by atoms with Gasteiger partial charge in [0, 0.05) is 51.3 Å². The van der Waals surface area contributed by atoms with Crippen molar-refractivity contribution in [3.63, 3.8) is 0 Å². The Bertz CT molecular complexity index is 586. The topological polar surface area (TPSA) is 83.2 Å². The van der Waals surface area contributed by atoms with Crippen molar-refractivity contribution >= 4 is 12.1 Å². The standard InChI is InChI=1S/C17H29N5O3/c1-6-24-17(23)22-9-7-21(8-10-22)16(18-5)19-11-12(2)15-13(3)20-25-14(15)4/h12H,6-11H2,1-5H3,(H,18,19). The fourth-order valence-electron chi connectivity index (χ4n) is 3.19. The number of nitrogens with one attached hydrogen (secondary N) is 1. The Hall–Kier alpha value is -2.25. The Morgan fingerprint density at radius 1 is 1.32 bits per heavy atom. The predicted molar refractivity (Wildman–Crippen MR) is 95.9 cm³/mol. The lowest BCUT2D eigenvalue weighted by atomic mass is 10.00. The molecule has 1 aliphatic heterocycles. The number of piperazine rings is 1. The molecule has 0 aromatic carbocycles. The molecular weight excluding hydrogens is 322 g/mol. The van der Waals surface area contributed by atoms with Crippen LogP contribution in [0.2, 0.25) is 0 Å². The van der Waals surface area contributed by atoms with Crippen LogP contribution in [0, 0.1) is 13.8 Å². The van der Waals surface area contributed by atoms with E-state index in [1.807, 2.05) is 20.8 Å². The molecule has 1 atom stereocenters. The van der Waals surface area contributed by atoms with E-state index in [-0.39, 0.29) is 12.0 Å². The maximum absolute atomic E-state index is 11.8. The highest BCUT2D eigenvalue weighted by Crippen LogP contribution is 2.22. The smallest absolute Gasteiger partial charge is 0.409 e. The number of rotatable bonds is 4. The normalized spacial score (nSPS) is 16.8. The van der Waals surface area contributed by atoms with E-state index in [2.05, 4.69) is 27.3 Å². The number of hydrogen-bond donors (Lipinski definition) is 1. The molecule has 0 aliphatic carbocycles. The minimum Gasteiger partial charge on any atom is -0.450 e. The molecule has 1 aromatic heterocycles. The number of guanidine groups is 1. The first-order chi connectivity index (χ1) is 12.0. The van der Waals surface area contributed by atoms with E-state index in [4.69, 9.17) is 9.26 Å². The van der Waals surface area contributed by atoms with Crippen molar-refractivity contribution in [1.82, 2.24) is 20.3 Å². The first-order valence-electron chi connectivity index (χ1n) is 8.78. The van der Waals surface area contributed by atoms with Crippen LogP contribution in [0.5, 0.6) is 0 Å². The number of ether oxygens (including phenoxy) is 1. The van der Waals surface area contributed by atoms with Crippen LogP contribution in [0.25, 0.3) is 0 Å². The van der Waals surface area contributed by atoms with Gasteiger partial charge in [-0.1, -0.05) is 12.1 Å². The number of aryl methyl sites for hydroxylation is 2. The van der Waals surface area contributed by atoms with Crippen LogP contribution in [0.4, 0.5) is 4.79 Å². The second-order valence-electron chi connectivity index (χ2n) is 6.24. The molecule has 140 valence electrons. The zero-order chi connectivity index (χ0) is 18.4. The molecule has 1 unspecified atom stereocenters. The number of nitrogens with zero attached hydrogens (tertiary/aromatic N) is 4. The van der Waals surface area contributed by atoms with Crippen molar-refractivity contribution in [3.8, 4) is 0 Å². The number of carbonyl (C=O) groups is 1. The van der Waals surface area contributed by atoms with Crippen molar-refractivity contribution in [2.45, 2.75) is 33.6 Å². The van der Waals surface area contributed by atoms with Crippen molar-refractivity contribution in [2.75, 3.05) is 46.4 Å². The zero-order valence-electron chi connectivity index (χ0n) is 15.8. The molecular formula is C17H29N5O3. The highest BCUT2D eigenvalue weighted by atomic mass is 16.6. The third kappa shape index (κ3) is 4.64. The summed E-state index contributed by atoms with van der Waals surface area (Å²) in [7, 11) is 1.78. The lowest BCUT2D eigenvalue weighted by Gasteiger charge is -2.36. The van der Waals surface area contributed by atoms with Gasteiger partial charge < -0.3 is 24.4 Å². The largest absolute Gasteiger partial charge is 0.450 e. The summed E-state index contributed by atoms with van der Waals surface area (Å²) in [5.74, 6) is 1.98. The summed E-state index contributed by atoms with van der Waals surface area (Å²) in [6.45, 7) is 11.8. The van der Waals surface area contributed by atoms with Crippen LogP contribution in [0.3, 0.4) is 0 Å². The van der Waals surface area contributed by atoms with Gasteiger partial charge in [0.15, 0.2) is 5.96 Å². The first-order valence-corrected chi connectivity index (χ1v) is 8.78. The molecule has 25 heavy (non-hydrogen) atoms. The van der Waals surface area contributed by atoms with Gasteiger partial charge in [0.1, 0.15) is 5.76 Å². The molecule has 1 fully saturated rings. The van der Waals surface area contributed by atoms with Gasteiger partial charge in [-0.3, -0.25) is 4.99 Å². The second kappa shape index (κ2) is 8.73. The molecule has 8 nitrogen and oxygen atoms in total. The molecule has 0 spiro atoms. The van der Waals surface area contributed by atoms with Crippen LogP contribution in [0.15, 0.2) is 9.52 Å². The van der Waals surface area contributed by atoms with E-state index in [0.717, 1.165) is 42.6 Å². The summed E-state index contributed by atoms with van der Waals surface area (Å²) < 4.78 is 10.3. The number of carbonyl (C=O) groups excluding carboxylic acids is 1. The maximum Gasteiger partial charge on any atom is 0.409 e. The third-order valence-electron chi connectivity index (χ3n) is 4.46. The fraction of sp³-hybridized carbons (Fsp3) is 0.706. The monoisotopic (exact) mass is 351 g/mol. The van der Waals surface area contributed by atoms with Gasteiger partial charge >= 0.3 is 6.09 Å². The number of aliphatic imine (C=N–C) groups is 1. The van der Waals surface area contributed by atoms with Crippen LogP contribution >= 0.6 is 0 Å². The summed E-state index contributed by atoms with van der Waals surface area (Å²) in [5.41, 5.74) is 2.08. The fourth-order valence-corrected chi connectivity index (χ4v) is 3.19. The third-order valence-corrected chi connectivity index (χ3v) is 4.46. The average molecular weight is 351 g/mol. The molecule has 0 saturated carbocycles. The zero-order valence-corrected chi connectivity index (χ0v) is 15.8. The summed E-state index contributed by atoms with van der Waals surface area (Å²) in [4.78, 5) is 20.1. The molecule has 1 N–H and O–H groups in total. The van der Waals surface area contributed by atoms with E-state index in [1.54, 1.807) is 11.9 Å². The number of amides is 1. The molecule has 1 amide bonds. The van der Waals surface area contributed by atoms with Gasteiger partial charge in [-0.05, 0) is 20.8 Å². The highest BCUT2D eigenvalue weighted by molar-refractivity contribution is 5.80. The minimum absolute atomic E-state index is 0.239. The average Bonchev–Trinajstić information content (AvgIpc) is 2.94. The van der Waals surface area contributed by atoms with Crippen LogP contribution < -0.4 is 5.32 Å². The van der Waals surface area contributed by atoms with E-state index in [0.29, 0.717) is 19.7 Å². The lowest BCUT2D eigenvalue weighted by molar-refractivity contribution is 0.0914. The van der Waals surface area contributed by atoms with E-state index in [9.17, 15) is 4.79 Å². The van der Waals surface area contributed by atoms with Crippen molar-refractivity contribution in [1.29, 1.82) is 0 Å². The second-order valence-corrected chi connectivity index (χ2v) is 6.24. The van der Waals surface area contributed by atoms with Crippen LogP contribution in [-0.2, 0) is 4.74 Å². The van der Waals surface area contributed by atoms with Gasteiger partial charge in [-0.25, -0.2) is 4.79 Å². The summed E-state index contributed by atoms with van der Waals surface area (Å²) in [6, 6.07) is 0. The highest BCUT2D eigenvalue weighted by Gasteiger charge is 2.24. The van der Waals surface area contributed by atoms with Gasteiger partial charge in [-0.15, -0.1) is 0 Å². The van der Waals surface area contributed by atoms with E-state index < -0.39 is 0 Å². The number of aromatic nitrogens is 1. The minimum atomic E-state index is -0.239. The van der Waals surface area contributed by atoms with Crippen molar-refractivity contribution in [3.05, 3.63) is 17.0 Å². The number of hydrogen-bond acceptors (Lipinski definition) is 5. The van der Waals surface area contributed by atoms with Crippen LogP contribution in [0.1, 0.15) is 36.8 Å². The summed E-state index contributed by atoms with van der Waals surface area (Å²) in [5, 5.41) is 7.44. The molecule has 1 aromatic rings. The summed E-state index contributed by atoms with van der Waals surface area (Å²) in [6.07, 6.45) is -0.239. The Balaban J connectivity index is 1.86. The Morgan fingerprint density at radius 2 is 1.96 bits per heavy atom. The molecule has 8 heteroatoms. The van der Waals surface area contributed by atoms with E-state index >= 15 is 0 Å². The Kier molecular flexibility index (Phi) is 6.66. The van der Waals surface area contributed by atoms with Gasteiger partial charge in [0.05, 0.1) is 12.3 Å². The molecule has 0 radical (unpaired) electrons. The van der Waals surface area contributed by atoms with Gasteiger partial charge in [0.2, 0.25) is 0 Å². The summed E-state index contributed by atoms with van der Waals surface area (Å²) >= 11 is 0. The van der Waals surface area contributed by atoms with Crippen molar-refractivity contribution < 1.29 is 14.1 Å². The molecule has 2 rings (SSSR count). The molecule has 1 saturated heterocycles. The Labute approximate surface area is 149 Å². The van der Waals surface area contributed by atoms with Gasteiger partial charge in [-0.2, -0.15) is 0 Å². The Morgan fingerprint density at radius 3 is 2.48 bits per heavy atom. The molecule has 1 aliphatic rings. The first kappa shape index (κ1) is 19.1.